The predicted octanol–water partition coefficient (Wildman–Crippen LogP) is 2.85. The van der Waals surface area contributed by atoms with Crippen molar-refractivity contribution in [2.45, 2.75) is 13.3 Å². The van der Waals surface area contributed by atoms with Crippen molar-refractivity contribution in [1.29, 1.82) is 0 Å². The van der Waals surface area contributed by atoms with Crippen LogP contribution >= 0.6 is 11.6 Å². The third-order valence-electron chi connectivity index (χ3n) is 2.05. The number of rotatable bonds is 1. The molecule has 2 rings (SSSR count). The van der Waals surface area contributed by atoms with Gasteiger partial charge in [-0.1, -0.05) is 25.1 Å². The number of nitrogens with zero attached hydrogens (tertiary/aromatic N) is 2. The molecule has 3 heteroatoms. The molecular weight excluding hydrogens is 184 g/mol. The highest BCUT2D eigenvalue weighted by atomic mass is 35.5. The minimum absolute atomic E-state index is 0.313. The predicted molar refractivity (Wildman–Crippen MR) is 53.9 cm³/mol. The Morgan fingerprint density at radius 3 is 3.00 bits per heavy atom. The Bertz CT molecular complexity index is 440. The first-order valence-corrected chi connectivity index (χ1v) is 4.59. The van der Waals surface area contributed by atoms with Gasteiger partial charge < -0.3 is 0 Å². The molecular formula is C10H9ClN2. The summed E-state index contributed by atoms with van der Waals surface area (Å²) in [5.41, 5.74) is 2.17. The van der Waals surface area contributed by atoms with Gasteiger partial charge in [0.1, 0.15) is 0 Å². The summed E-state index contributed by atoms with van der Waals surface area (Å²) in [4.78, 5) is 8.14. The number of para-hydroxylation sites is 1. The monoisotopic (exact) mass is 192 g/mol. The van der Waals surface area contributed by atoms with Crippen molar-refractivity contribution >= 4 is 22.5 Å². The van der Waals surface area contributed by atoms with Gasteiger partial charge in [0.15, 0.2) is 0 Å². The van der Waals surface area contributed by atoms with E-state index in [1.54, 1.807) is 6.20 Å². The number of hydrogen-bond acceptors (Lipinski definition) is 2. The number of hydrogen-bond donors (Lipinski definition) is 0. The van der Waals surface area contributed by atoms with Crippen LogP contribution in [0, 0.1) is 0 Å². The van der Waals surface area contributed by atoms with Gasteiger partial charge in [-0.3, -0.25) is 0 Å². The maximum absolute atomic E-state index is 5.73. The number of halogens is 1. The van der Waals surface area contributed by atoms with E-state index < -0.39 is 0 Å². The van der Waals surface area contributed by atoms with E-state index in [1.165, 1.54) is 5.56 Å². The van der Waals surface area contributed by atoms with Crippen LogP contribution in [0.2, 0.25) is 5.28 Å². The molecule has 0 aliphatic heterocycles. The molecule has 0 saturated carbocycles. The second-order valence-electron chi connectivity index (χ2n) is 2.85. The molecule has 13 heavy (non-hydrogen) atoms. The Kier molecular flexibility index (Phi) is 2.15. The summed E-state index contributed by atoms with van der Waals surface area (Å²) in [6.07, 6.45) is 2.72. The summed E-state index contributed by atoms with van der Waals surface area (Å²) in [5, 5.41) is 1.36. The molecule has 1 aromatic carbocycles. The van der Waals surface area contributed by atoms with Crippen LogP contribution in [0.4, 0.5) is 0 Å². The van der Waals surface area contributed by atoms with Crippen LogP contribution in [0.3, 0.4) is 0 Å². The number of fused-ring (bicyclic) bond motifs is 1. The van der Waals surface area contributed by atoms with Crippen LogP contribution in [0.25, 0.3) is 10.9 Å². The molecule has 0 unspecified atom stereocenters. The molecule has 0 amide bonds. The summed E-state index contributed by atoms with van der Waals surface area (Å²) in [7, 11) is 0. The maximum atomic E-state index is 5.73. The SMILES string of the molecule is CCc1cccc2cnc(Cl)nc12. The Hall–Kier alpha value is -1.15. The van der Waals surface area contributed by atoms with Crippen LogP contribution in [-0.2, 0) is 6.42 Å². The third kappa shape index (κ3) is 1.49. The highest BCUT2D eigenvalue weighted by Gasteiger charge is 2.01. The Morgan fingerprint density at radius 2 is 2.23 bits per heavy atom. The van der Waals surface area contributed by atoms with E-state index in [0.717, 1.165) is 17.3 Å². The van der Waals surface area contributed by atoms with Crippen LogP contribution in [0.5, 0.6) is 0 Å². The summed E-state index contributed by atoms with van der Waals surface area (Å²) in [6, 6.07) is 6.06. The molecule has 2 nitrogen and oxygen atoms in total. The van der Waals surface area contributed by atoms with Crippen LogP contribution in [-0.4, -0.2) is 9.97 Å². The smallest absolute Gasteiger partial charge is 0.222 e. The lowest BCUT2D eigenvalue weighted by atomic mass is 10.1. The first-order valence-electron chi connectivity index (χ1n) is 4.21. The minimum atomic E-state index is 0.313. The molecule has 2 aromatic rings. The van der Waals surface area contributed by atoms with Gasteiger partial charge in [0, 0.05) is 11.6 Å². The molecule has 0 aliphatic carbocycles. The van der Waals surface area contributed by atoms with E-state index in [0.29, 0.717) is 5.28 Å². The molecule has 0 atom stereocenters. The molecule has 0 radical (unpaired) electrons. The van der Waals surface area contributed by atoms with Gasteiger partial charge in [-0.25, -0.2) is 9.97 Å². The zero-order valence-electron chi connectivity index (χ0n) is 7.29. The van der Waals surface area contributed by atoms with Crippen molar-refractivity contribution in [1.82, 2.24) is 9.97 Å². The Morgan fingerprint density at radius 1 is 1.38 bits per heavy atom. The van der Waals surface area contributed by atoms with Gasteiger partial charge >= 0.3 is 0 Å². The fraction of sp³-hybridized carbons (Fsp3) is 0.200. The zero-order valence-corrected chi connectivity index (χ0v) is 8.04. The largest absolute Gasteiger partial charge is 0.226 e. The van der Waals surface area contributed by atoms with E-state index in [9.17, 15) is 0 Å². The lowest BCUT2D eigenvalue weighted by Gasteiger charge is -2.01. The normalized spacial score (nSPS) is 10.6. The second-order valence-corrected chi connectivity index (χ2v) is 3.19. The second kappa shape index (κ2) is 3.30. The number of aromatic nitrogens is 2. The van der Waals surface area contributed by atoms with Crippen molar-refractivity contribution in [3.63, 3.8) is 0 Å². The average molecular weight is 193 g/mol. The Labute approximate surface area is 81.6 Å². The van der Waals surface area contributed by atoms with Crippen molar-refractivity contribution < 1.29 is 0 Å². The standard InChI is InChI=1S/C10H9ClN2/c1-2-7-4-3-5-8-6-12-10(11)13-9(7)8/h3-6H,2H2,1H3. The van der Waals surface area contributed by atoms with E-state index in [-0.39, 0.29) is 0 Å². The van der Waals surface area contributed by atoms with E-state index in [4.69, 9.17) is 11.6 Å². The lowest BCUT2D eigenvalue weighted by molar-refractivity contribution is 1.13. The average Bonchev–Trinajstić information content (AvgIpc) is 2.17. The highest BCUT2D eigenvalue weighted by Crippen LogP contribution is 2.17. The summed E-state index contributed by atoms with van der Waals surface area (Å²) < 4.78 is 0. The number of aryl methyl sites for hydroxylation is 1. The topological polar surface area (TPSA) is 25.8 Å². The van der Waals surface area contributed by atoms with Crippen LogP contribution < -0.4 is 0 Å². The molecule has 0 fully saturated rings. The summed E-state index contributed by atoms with van der Waals surface area (Å²) in [6.45, 7) is 2.10. The molecule has 66 valence electrons. The molecule has 1 heterocycles. The first-order chi connectivity index (χ1) is 6.31. The highest BCUT2D eigenvalue weighted by molar-refractivity contribution is 6.28. The minimum Gasteiger partial charge on any atom is -0.226 e. The van der Waals surface area contributed by atoms with E-state index >= 15 is 0 Å². The van der Waals surface area contributed by atoms with Gasteiger partial charge in [-0.2, -0.15) is 0 Å². The molecule has 1 aromatic heterocycles. The zero-order chi connectivity index (χ0) is 9.26. The van der Waals surface area contributed by atoms with E-state index in [1.807, 2.05) is 12.1 Å². The maximum Gasteiger partial charge on any atom is 0.222 e. The lowest BCUT2D eigenvalue weighted by Crippen LogP contribution is -1.89. The Balaban J connectivity index is 2.79. The first kappa shape index (κ1) is 8.45. The van der Waals surface area contributed by atoms with Gasteiger partial charge in [-0.15, -0.1) is 0 Å². The van der Waals surface area contributed by atoms with Gasteiger partial charge in [0.2, 0.25) is 5.28 Å². The summed E-state index contributed by atoms with van der Waals surface area (Å²) in [5.74, 6) is 0. The van der Waals surface area contributed by atoms with Gasteiger partial charge in [0.05, 0.1) is 5.52 Å². The quantitative estimate of drug-likeness (QED) is 0.650. The van der Waals surface area contributed by atoms with Gasteiger partial charge in [-0.05, 0) is 23.6 Å². The fourth-order valence-electron chi connectivity index (χ4n) is 1.38. The molecule has 0 spiro atoms. The van der Waals surface area contributed by atoms with Crippen LogP contribution in [0.1, 0.15) is 12.5 Å². The molecule has 0 aliphatic rings. The van der Waals surface area contributed by atoms with Gasteiger partial charge in [0.25, 0.3) is 0 Å². The third-order valence-corrected chi connectivity index (χ3v) is 2.23. The molecule has 0 bridgehead atoms. The van der Waals surface area contributed by atoms with E-state index in [2.05, 4.69) is 23.0 Å². The van der Waals surface area contributed by atoms with Crippen molar-refractivity contribution in [3.8, 4) is 0 Å². The molecule has 0 saturated heterocycles. The van der Waals surface area contributed by atoms with Crippen molar-refractivity contribution in [2.24, 2.45) is 0 Å². The fourth-order valence-corrected chi connectivity index (χ4v) is 1.51. The summed E-state index contributed by atoms with van der Waals surface area (Å²) >= 11 is 5.73. The van der Waals surface area contributed by atoms with Crippen molar-refractivity contribution in [3.05, 3.63) is 35.2 Å². The van der Waals surface area contributed by atoms with Crippen molar-refractivity contribution in [2.75, 3.05) is 0 Å². The van der Waals surface area contributed by atoms with Crippen LogP contribution in [0.15, 0.2) is 24.4 Å². The number of benzene rings is 1. The molecule has 0 N–H and O–H groups in total.